The van der Waals surface area contributed by atoms with Crippen molar-refractivity contribution in [2.24, 2.45) is 17.8 Å². The Labute approximate surface area is 193 Å². The largest absolute Gasteiger partial charge is 0.455 e. The Bertz CT molecular complexity index is 873. The van der Waals surface area contributed by atoms with E-state index in [1.165, 1.54) is 6.92 Å². The second-order valence-corrected chi connectivity index (χ2v) is 9.92. The summed E-state index contributed by atoms with van der Waals surface area (Å²) in [7, 11) is 0. The molecular formula is C24H34O9. The van der Waals surface area contributed by atoms with Gasteiger partial charge in [-0.2, -0.15) is 0 Å². The molecule has 0 aromatic carbocycles. The molecule has 0 spiro atoms. The van der Waals surface area contributed by atoms with E-state index in [1.807, 2.05) is 0 Å². The maximum absolute atomic E-state index is 12.8. The van der Waals surface area contributed by atoms with Crippen LogP contribution in [-0.4, -0.2) is 63.9 Å². The standard InChI is InChI=1S/C24H34O9/c1-8-12(4)21(26)31-18-16-14(6)22(27)30-17(16)19(32-20(25)11(2)3)23(7,28)10-15-9-13(5)24(18,29)33-15/h8,11,13,15-19,28-29H,6,9-10H2,1-5,7H3/b12-8-/t13-,15+,16+,17+,18-,19-,23+,24-/m0/s1. The summed E-state index contributed by atoms with van der Waals surface area (Å²) in [6.45, 7) is 13.5. The van der Waals surface area contributed by atoms with Crippen LogP contribution in [0.5, 0.6) is 0 Å². The van der Waals surface area contributed by atoms with Crippen molar-refractivity contribution in [3.63, 3.8) is 0 Å². The third kappa shape index (κ3) is 4.46. The van der Waals surface area contributed by atoms with Gasteiger partial charge < -0.3 is 29.2 Å². The van der Waals surface area contributed by atoms with E-state index < -0.39 is 71.5 Å². The lowest BCUT2D eigenvalue weighted by molar-refractivity contribution is -0.277. The molecule has 0 aliphatic carbocycles. The van der Waals surface area contributed by atoms with Gasteiger partial charge in [0.05, 0.1) is 17.9 Å². The highest BCUT2D eigenvalue weighted by atomic mass is 16.7. The van der Waals surface area contributed by atoms with E-state index in [0.29, 0.717) is 12.0 Å². The molecule has 33 heavy (non-hydrogen) atoms. The molecule has 8 atom stereocenters. The minimum absolute atomic E-state index is 0.00248. The molecule has 184 valence electrons. The number of hydrogen-bond acceptors (Lipinski definition) is 9. The van der Waals surface area contributed by atoms with E-state index in [1.54, 1.807) is 40.7 Å². The molecule has 3 fully saturated rings. The minimum Gasteiger partial charge on any atom is -0.455 e. The van der Waals surface area contributed by atoms with Crippen molar-refractivity contribution < 1.29 is 43.5 Å². The average Bonchev–Trinajstić information content (AvgIpc) is 3.17. The van der Waals surface area contributed by atoms with Crippen LogP contribution < -0.4 is 0 Å². The van der Waals surface area contributed by atoms with Crippen LogP contribution in [0.3, 0.4) is 0 Å². The van der Waals surface area contributed by atoms with Crippen LogP contribution in [0.15, 0.2) is 23.8 Å². The van der Waals surface area contributed by atoms with Gasteiger partial charge in [-0.3, -0.25) is 4.79 Å². The molecular weight excluding hydrogens is 432 g/mol. The van der Waals surface area contributed by atoms with E-state index in [9.17, 15) is 24.6 Å². The highest BCUT2D eigenvalue weighted by Gasteiger charge is 2.65. The first-order valence-electron chi connectivity index (χ1n) is 11.3. The van der Waals surface area contributed by atoms with Gasteiger partial charge in [-0.1, -0.05) is 33.4 Å². The van der Waals surface area contributed by atoms with Crippen molar-refractivity contribution in [1.82, 2.24) is 0 Å². The molecule has 9 nitrogen and oxygen atoms in total. The Hall–Kier alpha value is -2.23. The Morgan fingerprint density at radius 3 is 2.45 bits per heavy atom. The van der Waals surface area contributed by atoms with E-state index in [2.05, 4.69) is 6.58 Å². The van der Waals surface area contributed by atoms with Crippen LogP contribution in [0.2, 0.25) is 0 Å². The van der Waals surface area contributed by atoms with Crippen LogP contribution in [0.4, 0.5) is 0 Å². The number of esters is 3. The van der Waals surface area contributed by atoms with Crippen LogP contribution in [0, 0.1) is 17.8 Å². The predicted molar refractivity (Wildman–Crippen MR) is 115 cm³/mol. The van der Waals surface area contributed by atoms with Crippen LogP contribution in [-0.2, 0) is 33.3 Å². The molecule has 9 heteroatoms. The van der Waals surface area contributed by atoms with E-state index in [0.717, 1.165) is 0 Å². The molecule has 0 unspecified atom stereocenters. The summed E-state index contributed by atoms with van der Waals surface area (Å²) in [5.41, 5.74) is -1.44. The second kappa shape index (κ2) is 8.85. The van der Waals surface area contributed by atoms with Crippen molar-refractivity contribution in [3.05, 3.63) is 23.8 Å². The molecule has 0 amide bonds. The molecule has 3 saturated heterocycles. The number of rotatable bonds is 4. The van der Waals surface area contributed by atoms with Gasteiger partial charge in [-0.15, -0.1) is 0 Å². The summed E-state index contributed by atoms with van der Waals surface area (Å²) < 4.78 is 22.9. The zero-order valence-corrected chi connectivity index (χ0v) is 20.0. The molecule has 3 rings (SSSR count). The highest BCUT2D eigenvalue weighted by Crippen LogP contribution is 2.50. The zero-order valence-electron chi connectivity index (χ0n) is 20.0. The third-order valence-electron chi connectivity index (χ3n) is 6.93. The van der Waals surface area contributed by atoms with Gasteiger partial charge in [-0.05, 0) is 27.2 Å². The molecule has 0 radical (unpaired) electrons. The van der Waals surface area contributed by atoms with Gasteiger partial charge in [0.15, 0.2) is 18.3 Å². The quantitative estimate of drug-likeness (QED) is 0.362. The molecule has 3 aliphatic heterocycles. The van der Waals surface area contributed by atoms with Gasteiger partial charge in [-0.25, -0.2) is 9.59 Å². The summed E-state index contributed by atoms with van der Waals surface area (Å²) in [4.78, 5) is 37.9. The smallest absolute Gasteiger partial charge is 0.334 e. The number of hydrogen-bond donors (Lipinski definition) is 2. The second-order valence-electron chi connectivity index (χ2n) is 9.92. The summed E-state index contributed by atoms with van der Waals surface area (Å²) in [6, 6.07) is 0. The number of allylic oxidation sites excluding steroid dienone is 1. The minimum atomic E-state index is -1.97. The first kappa shape index (κ1) is 25.4. The van der Waals surface area contributed by atoms with E-state index in [4.69, 9.17) is 18.9 Å². The number of aliphatic hydroxyl groups is 2. The fourth-order valence-electron chi connectivity index (χ4n) is 4.81. The highest BCUT2D eigenvalue weighted by molar-refractivity contribution is 5.92. The first-order valence-corrected chi connectivity index (χ1v) is 11.3. The lowest BCUT2D eigenvalue weighted by Gasteiger charge is -2.41. The van der Waals surface area contributed by atoms with Gasteiger partial charge >= 0.3 is 17.9 Å². The van der Waals surface area contributed by atoms with Crippen molar-refractivity contribution in [2.45, 2.75) is 90.2 Å². The molecule has 0 aromatic rings. The predicted octanol–water partition coefficient (Wildman–Crippen LogP) is 1.80. The Kier molecular flexibility index (Phi) is 6.81. The third-order valence-corrected chi connectivity index (χ3v) is 6.93. The van der Waals surface area contributed by atoms with E-state index in [-0.39, 0.29) is 12.0 Å². The van der Waals surface area contributed by atoms with E-state index >= 15 is 0 Å². The Balaban J connectivity index is 2.16. The molecule has 0 aromatic heterocycles. The van der Waals surface area contributed by atoms with Crippen LogP contribution in [0.1, 0.15) is 54.4 Å². The van der Waals surface area contributed by atoms with Gasteiger partial charge in [0.1, 0.15) is 5.60 Å². The fraction of sp³-hybridized carbons (Fsp3) is 0.708. The van der Waals surface area contributed by atoms with Crippen LogP contribution in [0.25, 0.3) is 0 Å². The van der Waals surface area contributed by atoms with Gasteiger partial charge in [0.2, 0.25) is 5.79 Å². The topological polar surface area (TPSA) is 129 Å². The normalized spacial score (nSPS) is 41.1. The summed E-state index contributed by atoms with van der Waals surface area (Å²) in [6.07, 6.45) is -2.64. The molecule has 2 N–H and O–H groups in total. The Morgan fingerprint density at radius 1 is 1.24 bits per heavy atom. The number of carbonyl (C=O) groups is 3. The maximum atomic E-state index is 12.8. The lowest BCUT2D eigenvalue weighted by Crippen LogP contribution is -2.58. The van der Waals surface area contributed by atoms with Crippen molar-refractivity contribution in [2.75, 3.05) is 0 Å². The summed E-state index contributed by atoms with van der Waals surface area (Å²) in [5, 5.41) is 23.1. The molecule has 3 aliphatic rings. The van der Waals surface area contributed by atoms with Gasteiger partial charge in [0.25, 0.3) is 0 Å². The van der Waals surface area contributed by atoms with Crippen molar-refractivity contribution >= 4 is 17.9 Å². The first-order chi connectivity index (χ1) is 15.2. The van der Waals surface area contributed by atoms with Crippen LogP contribution >= 0.6 is 0 Å². The van der Waals surface area contributed by atoms with Gasteiger partial charge in [0, 0.05) is 23.5 Å². The monoisotopic (exact) mass is 466 g/mol. The number of carbonyl (C=O) groups excluding carboxylic acids is 3. The summed E-state index contributed by atoms with van der Waals surface area (Å²) >= 11 is 0. The lowest BCUT2D eigenvalue weighted by atomic mass is 9.75. The SMILES string of the molecule is C=C1C(=O)O[C@@H]2[C@@H]1[C@H](OC(=O)/C(C)=C\C)[C@@]1(O)O[C@H](C[C@@H]1C)C[C@@](C)(O)[C@H]2OC(=O)C(C)C. The number of fused-ring (bicyclic) bond motifs is 3. The average molecular weight is 467 g/mol. The molecule has 0 saturated carbocycles. The molecule has 2 bridgehead atoms. The Morgan fingerprint density at radius 2 is 1.88 bits per heavy atom. The zero-order chi connectivity index (χ0) is 24.9. The van der Waals surface area contributed by atoms with Crippen molar-refractivity contribution in [3.8, 4) is 0 Å². The number of ether oxygens (including phenoxy) is 4. The molecule has 3 heterocycles. The van der Waals surface area contributed by atoms with Crippen molar-refractivity contribution in [1.29, 1.82) is 0 Å². The maximum Gasteiger partial charge on any atom is 0.334 e. The fourth-order valence-corrected chi connectivity index (χ4v) is 4.81. The summed E-state index contributed by atoms with van der Waals surface area (Å²) in [5.74, 6) is -6.18.